The maximum absolute atomic E-state index is 13.2. The number of aromatic amines is 1. The summed E-state index contributed by atoms with van der Waals surface area (Å²) in [6.45, 7) is 2.28. The highest BCUT2D eigenvalue weighted by Gasteiger charge is 2.20. The minimum Gasteiger partial charge on any atom is -0.387 e. The zero-order valence-electron chi connectivity index (χ0n) is 17.8. The van der Waals surface area contributed by atoms with Gasteiger partial charge in [0, 0.05) is 18.5 Å². The second-order valence-electron chi connectivity index (χ2n) is 7.69. The van der Waals surface area contributed by atoms with Gasteiger partial charge in [-0.15, -0.1) is 0 Å². The van der Waals surface area contributed by atoms with Crippen LogP contribution in [0, 0.1) is 6.92 Å². The van der Waals surface area contributed by atoms with Crippen molar-refractivity contribution < 1.29 is 9.90 Å². The summed E-state index contributed by atoms with van der Waals surface area (Å²) in [5.41, 5.74) is 2.51. The lowest BCUT2D eigenvalue weighted by Gasteiger charge is -2.26. The second-order valence-corrected chi connectivity index (χ2v) is 7.69. The minimum absolute atomic E-state index is 0.131. The van der Waals surface area contributed by atoms with Crippen LogP contribution >= 0.6 is 0 Å². The molecule has 0 spiro atoms. The van der Waals surface area contributed by atoms with Crippen LogP contribution in [0.25, 0.3) is 5.78 Å². The third-order valence-electron chi connectivity index (χ3n) is 5.47. The molecule has 0 aliphatic heterocycles. The molecule has 32 heavy (non-hydrogen) atoms. The highest BCUT2D eigenvalue weighted by Crippen LogP contribution is 2.17. The Morgan fingerprint density at radius 1 is 1.12 bits per heavy atom. The van der Waals surface area contributed by atoms with E-state index in [1.54, 1.807) is 11.8 Å². The van der Waals surface area contributed by atoms with E-state index in [9.17, 15) is 14.7 Å². The van der Waals surface area contributed by atoms with Gasteiger partial charge in [0.2, 0.25) is 5.91 Å². The molecule has 2 aromatic carbocycles. The molecule has 0 bridgehead atoms. The van der Waals surface area contributed by atoms with Crippen LogP contribution < -0.4 is 5.56 Å². The van der Waals surface area contributed by atoms with Gasteiger partial charge in [-0.05, 0) is 24.5 Å². The Kier molecular flexibility index (Phi) is 6.42. The molecular weight excluding hydrogens is 406 g/mol. The normalized spacial score (nSPS) is 12.1. The molecule has 0 radical (unpaired) electrons. The molecule has 0 aliphatic carbocycles. The number of nitrogens with one attached hydrogen (secondary N) is 1. The molecule has 2 heterocycles. The molecule has 164 valence electrons. The maximum atomic E-state index is 13.2. The predicted octanol–water partition coefficient (Wildman–Crippen LogP) is 2.42. The van der Waals surface area contributed by atoms with E-state index in [2.05, 4.69) is 15.1 Å². The number of aromatic nitrogens is 4. The van der Waals surface area contributed by atoms with Crippen molar-refractivity contribution in [2.75, 3.05) is 6.54 Å². The van der Waals surface area contributed by atoms with E-state index in [0.29, 0.717) is 23.6 Å². The zero-order valence-corrected chi connectivity index (χ0v) is 17.8. The van der Waals surface area contributed by atoms with Crippen LogP contribution in [0.3, 0.4) is 0 Å². The maximum Gasteiger partial charge on any atom is 0.277 e. The summed E-state index contributed by atoms with van der Waals surface area (Å²) in [5, 5.41) is 13.5. The van der Waals surface area contributed by atoms with Crippen molar-refractivity contribution >= 4 is 11.7 Å². The van der Waals surface area contributed by atoms with Crippen LogP contribution in [-0.2, 0) is 17.8 Å². The molecule has 1 atom stereocenters. The van der Waals surface area contributed by atoms with Crippen molar-refractivity contribution in [2.24, 2.45) is 0 Å². The SMILES string of the molecule is Cc1nc2nc[nH]n2c(=O)c1CCC(=O)N(Cc1ccccc1)CC(O)c1ccccc1. The first-order chi connectivity index (χ1) is 15.5. The van der Waals surface area contributed by atoms with Crippen molar-refractivity contribution in [3.63, 3.8) is 0 Å². The highest BCUT2D eigenvalue weighted by atomic mass is 16.3. The van der Waals surface area contributed by atoms with Gasteiger partial charge in [-0.1, -0.05) is 60.7 Å². The Morgan fingerprint density at radius 3 is 2.53 bits per heavy atom. The van der Waals surface area contributed by atoms with E-state index >= 15 is 0 Å². The zero-order chi connectivity index (χ0) is 22.5. The van der Waals surface area contributed by atoms with E-state index in [1.807, 2.05) is 60.7 Å². The Labute approximate surface area is 185 Å². The van der Waals surface area contributed by atoms with Gasteiger partial charge in [-0.25, -0.2) is 9.97 Å². The highest BCUT2D eigenvalue weighted by molar-refractivity contribution is 5.76. The molecule has 4 aromatic rings. The molecule has 0 saturated carbocycles. The second kappa shape index (κ2) is 9.57. The van der Waals surface area contributed by atoms with Crippen LogP contribution in [0.2, 0.25) is 0 Å². The van der Waals surface area contributed by atoms with Crippen molar-refractivity contribution in [3.8, 4) is 0 Å². The summed E-state index contributed by atoms with van der Waals surface area (Å²) < 4.78 is 1.27. The van der Waals surface area contributed by atoms with Gasteiger partial charge in [-0.3, -0.25) is 14.7 Å². The summed E-state index contributed by atoms with van der Waals surface area (Å²) in [4.78, 5) is 35.9. The largest absolute Gasteiger partial charge is 0.387 e. The summed E-state index contributed by atoms with van der Waals surface area (Å²) in [6.07, 6.45) is 0.988. The number of carbonyl (C=O) groups is 1. The molecule has 8 nitrogen and oxygen atoms in total. The van der Waals surface area contributed by atoms with Crippen molar-refractivity contribution in [1.82, 2.24) is 24.5 Å². The van der Waals surface area contributed by atoms with Crippen molar-refractivity contribution in [1.29, 1.82) is 0 Å². The van der Waals surface area contributed by atoms with Crippen LogP contribution in [-0.4, -0.2) is 42.0 Å². The average Bonchev–Trinajstić information content (AvgIpc) is 3.28. The summed E-state index contributed by atoms with van der Waals surface area (Å²) in [7, 11) is 0. The van der Waals surface area contributed by atoms with Crippen molar-refractivity contribution in [3.05, 3.63) is 99.7 Å². The number of carbonyl (C=O) groups excluding carboxylic acids is 1. The number of aliphatic hydroxyl groups excluding tert-OH is 1. The van der Waals surface area contributed by atoms with E-state index < -0.39 is 6.10 Å². The lowest BCUT2D eigenvalue weighted by Crippen LogP contribution is -2.35. The number of aliphatic hydroxyl groups is 1. The van der Waals surface area contributed by atoms with Crippen molar-refractivity contribution in [2.45, 2.75) is 32.4 Å². The lowest BCUT2D eigenvalue weighted by atomic mass is 10.1. The summed E-state index contributed by atoms with van der Waals surface area (Å²) in [5.74, 6) is 0.164. The number of hydrogen-bond acceptors (Lipinski definition) is 5. The van der Waals surface area contributed by atoms with Crippen LogP contribution in [0.15, 0.2) is 71.8 Å². The van der Waals surface area contributed by atoms with E-state index in [-0.39, 0.29) is 30.9 Å². The van der Waals surface area contributed by atoms with Gasteiger partial charge < -0.3 is 10.0 Å². The molecule has 0 saturated heterocycles. The lowest BCUT2D eigenvalue weighted by molar-refractivity contribution is -0.133. The van der Waals surface area contributed by atoms with Gasteiger partial charge in [0.05, 0.1) is 18.3 Å². The van der Waals surface area contributed by atoms with E-state index in [4.69, 9.17) is 0 Å². The Balaban J connectivity index is 1.52. The van der Waals surface area contributed by atoms with Gasteiger partial charge in [0.1, 0.15) is 6.33 Å². The minimum atomic E-state index is -0.806. The average molecular weight is 431 g/mol. The van der Waals surface area contributed by atoms with Crippen LogP contribution in [0.5, 0.6) is 0 Å². The molecule has 2 N–H and O–H groups in total. The van der Waals surface area contributed by atoms with Gasteiger partial charge in [0.25, 0.3) is 11.3 Å². The molecule has 8 heteroatoms. The first kappa shape index (κ1) is 21.5. The number of benzene rings is 2. The number of hydrogen-bond donors (Lipinski definition) is 2. The van der Waals surface area contributed by atoms with Crippen LogP contribution in [0.1, 0.15) is 34.9 Å². The number of H-pyrrole nitrogens is 1. The summed E-state index contributed by atoms with van der Waals surface area (Å²) in [6, 6.07) is 18.9. The van der Waals surface area contributed by atoms with Gasteiger partial charge >= 0.3 is 0 Å². The molecule has 0 aliphatic rings. The van der Waals surface area contributed by atoms with Crippen LogP contribution in [0.4, 0.5) is 0 Å². The Morgan fingerprint density at radius 2 is 1.81 bits per heavy atom. The monoisotopic (exact) mass is 431 g/mol. The van der Waals surface area contributed by atoms with Gasteiger partial charge in [-0.2, -0.15) is 4.52 Å². The Hall–Kier alpha value is -3.78. The number of aryl methyl sites for hydroxylation is 1. The third-order valence-corrected chi connectivity index (χ3v) is 5.47. The number of nitrogens with zero attached hydrogens (tertiary/aromatic N) is 4. The number of fused-ring (bicyclic) bond motifs is 1. The van der Waals surface area contributed by atoms with Gasteiger partial charge in [0.15, 0.2) is 0 Å². The molecular formula is C24H25N5O3. The first-order valence-corrected chi connectivity index (χ1v) is 10.5. The number of amides is 1. The molecule has 1 unspecified atom stereocenters. The third kappa shape index (κ3) is 4.76. The fourth-order valence-corrected chi connectivity index (χ4v) is 3.72. The molecule has 2 aromatic heterocycles. The van der Waals surface area contributed by atoms with E-state index in [0.717, 1.165) is 11.1 Å². The fraction of sp³-hybridized carbons (Fsp3) is 0.250. The quantitative estimate of drug-likeness (QED) is 0.446. The number of rotatable bonds is 8. The molecule has 0 fully saturated rings. The first-order valence-electron chi connectivity index (χ1n) is 10.5. The topological polar surface area (TPSA) is 104 Å². The van der Waals surface area contributed by atoms with E-state index in [1.165, 1.54) is 10.8 Å². The summed E-state index contributed by atoms with van der Waals surface area (Å²) >= 11 is 0. The fourth-order valence-electron chi connectivity index (χ4n) is 3.72. The smallest absolute Gasteiger partial charge is 0.277 e. The molecule has 1 amide bonds. The predicted molar refractivity (Wildman–Crippen MR) is 120 cm³/mol. The molecule has 4 rings (SSSR count). The standard InChI is InChI=1S/C24H25N5O3/c1-17-20(23(32)29-24(27-17)25-16-26-29)12-13-22(31)28(14-18-8-4-2-5-9-18)15-21(30)19-10-6-3-7-11-19/h2-11,16,21,30H,12-15H2,1H3,(H,25,26,27). The Bertz CT molecular complexity index is 1250.